The fraction of sp³-hybridized carbons (Fsp3) is 0.333. The number of nitrogens with one attached hydrogen (secondary N) is 1. The van der Waals surface area contributed by atoms with E-state index in [1.807, 2.05) is 30.3 Å². The standard InChI is InChI=1S/C12H14N2O4/c1-9(10-5-3-2-4-6-10)14(13-12(16)17)11(15)7-8-18-14/h2-6,9,13H,7-8H2,1H3/p+1. The second-order valence-corrected chi connectivity index (χ2v) is 4.14. The van der Waals surface area contributed by atoms with Crippen molar-refractivity contribution >= 4 is 12.0 Å². The number of benzene rings is 1. The first-order chi connectivity index (χ1) is 8.56. The Balaban J connectivity index is 2.35. The van der Waals surface area contributed by atoms with Crippen LogP contribution in [0.5, 0.6) is 0 Å². The Hall–Kier alpha value is -1.92. The Bertz CT molecular complexity index is 462. The van der Waals surface area contributed by atoms with Crippen molar-refractivity contribution in [1.29, 1.82) is 0 Å². The number of quaternary nitrogens is 1. The molecule has 0 aliphatic carbocycles. The van der Waals surface area contributed by atoms with Crippen molar-refractivity contribution in [2.75, 3.05) is 6.61 Å². The van der Waals surface area contributed by atoms with Gasteiger partial charge in [-0.05, 0) is 11.7 Å². The van der Waals surface area contributed by atoms with Crippen LogP contribution < -0.4 is 5.43 Å². The third kappa shape index (κ3) is 2.07. The summed E-state index contributed by atoms with van der Waals surface area (Å²) < 4.78 is -0.695. The van der Waals surface area contributed by atoms with E-state index in [9.17, 15) is 9.59 Å². The van der Waals surface area contributed by atoms with Crippen LogP contribution in [0, 0.1) is 0 Å². The molecule has 0 saturated carbocycles. The normalized spacial score (nSPS) is 24.8. The third-order valence-corrected chi connectivity index (χ3v) is 3.07. The molecule has 0 bridgehead atoms. The minimum atomic E-state index is -1.28. The minimum absolute atomic E-state index is 0.206. The van der Waals surface area contributed by atoms with Gasteiger partial charge in [-0.2, -0.15) is 4.84 Å². The summed E-state index contributed by atoms with van der Waals surface area (Å²) in [6.45, 7) is 1.98. The van der Waals surface area contributed by atoms with Gasteiger partial charge in [0.05, 0.1) is 6.42 Å². The van der Waals surface area contributed by atoms with Crippen LogP contribution >= 0.6 is 0 Å². The third-order valence-electron chi connectivity index (χ3n) is 3.07. The second-order valence-electron chi connectivity index (χ2n) is 4.14. The molecule has 1 aliphatic rings. The summed E-state index contributed by atoms with van der Waals surface area (Å²) in [5.41, 5.74) is 3.02. The van der Waals surface area contributed by atoms with E-state index >= 15 is 0 Å². The summed E-state index contributed by atoms with van der Waals surface area (Å²) in [4.78, 5) is 28.2. The van der Waals surface area contributed by atoms with Crippen LogP contribution in [-0.4, -0.2) is 28.5 Å². The minimum Gasteiger partial charge on any atom is -0.462 e. The van der Waals surface area contributed by atoms with Crippen LogP contribution in [0.3, 0.4) is 0 Å². The van der Waals surface area contributed by atoms with E-state index in [4.69, 9.17) is 9.94 Å². The number of hydrogen-bond acceptors (Lipinski definition) is 3. The van der Waals surface area contributed by atoms with Gasteiger partial charge in [0.15, 0.2) is 6.04 Å². The molecule has 6 heteroatoms. The monoisotopic (exact) mass is 251 g/mol. The lowest BCUT2D eigenvalue weighted by Crippen LogP contribution is -2.60. The number of carboxylic acid groups (broad SMARTS) is 1. The zero-order valence-corrected chi connectivity index (χ0v) is 10.00. The van der Waals surface area contributed by atoms with E-state index in [0.717, 1.165) is 5.56 Å². The molecule has 2 amide bonds. The van der Waals surface area contributed by atoms with E-state index in [2.05, 4.69) is 5.43 Å². The summed E-state index contributed by atoms with van der Waals surface area (Å²) in [5, 5.41) is 8.89. The Morgan fingerprint density at radius 1 is 1.44 bits per heavy atom. The van der Waals surface area contributed by atoms with Gasteiger partial charge >= 0.3 is 12.0 Å². The molecule has 96 valence electrons. The van der Waals surface area contributed by atoms with Crippen LogP contribution in [-0.2, 0) is 9.63 Å². The average Bonchev–Trinajstić information content (AvgIpc) is 2.71. The van der Waals surface area contributed by atoms with E-state index in [0.29, 0.717) is 0 Å². The summed E-state index contributed by atoms with van der Waals surface area (Å²) in [7, 11) is 0. The van der Waals surface area contributed by atoms with E-state index in [-0.39, 0.29) is 18.9 Å². The molecule has 0 radical (unpaired) electrons. The number of nitrogens with zero attached hydrogens (tertiary/aromatic N) is 1. The molecule has 2 rings (SSSR count). The van der Waals surface area contributed by atoms with Crippen molar-refractivity contribution in [3.05, 3.63) is 35.9 Å². The van der Waals surface area contributed by atoms with Crippen molar-refractivity contribution in [1.82, 2.24) is 5.43 Å². The van der Waals surface area contributed by atoms with E-state index in [1.165, 1.54) is 0 Å². The second kappa shape index (κ2) is 4.75. The Labute approximate surface area is 104 Å². The van der Waals surface area contributed by atoms with Crippen molar-refractivity contribution in [2.24, 2.45) is 0 Å². The first kappa shape index (κ1) is 12.5. The van der Waals surface area contributed by atoms with Gasteiger partial charge in [0, 0.05) is 5.56 Å². The predicted octanol–water partition coefficient (Wildman–Crippen LogP) is 1.61. The largest absolute Gasteiger partial charge is 0.462 e. The lowest BCUT2D eigenvalue weighted by atomic mass is 10.1. The summed E-state index contributed by atoms with van der Waals surface area (Å²) >= 11 is 0. The maximum absolute atomic E-state index is 12.0. The molecular formula is C12H15N2O4+. The number of carbonyl (C=O) groups excluding carboxylic acids is 1. The van der Waals surface area contributed by atoms with Crippen LogP contribution in [0.25, 0.3) is 0 Å². The molecular weight excluding hydrogens is 236 g/mol. The molecule has 1 aromatic rings. The van der Waals surface area contributed by atoms with Crippen molar-refractivity contribution in [2.45, 2.75) is 19.4 Å². The first-order valence-corrected chi connectivity index (χ1v) is 5.69. The SMILES string of the molecule is CC(c1ccccc1)[N+]1(NC(=O)O)OCCC1=O. The van der Waals surface area contributed by atoms with Gasteiger partial charge in [-0.25, -0.2) is 9.59 Å². The molecule has 1 aliphatic heterocycles. The quantitative estimate of drug-likeness (QED) is 0.800. The molecule has 2 N–H and O–H groups in total. The van der Waals surface area contributed by atoms with Gasteiger partial charge in [-0.3, -0.25) is 0 Å². The number of rotatable bonds is 3. The maximum atomic E-state index is 12.0. The number of amides is 2. The lowest BCUT2D eigenvalue weighted by Gasteiger charge is -2.31. The summed E-state index contributed by atoms with van der Waals surface area (Å²) in [6.07, 6.45) is -1.08. The van der Waals surface area contributed by atoms with Crippen molar-refractivity contribution in [3.63, 3.8) is 0 Å². The Kier molecular flexibility index (Phi) is 3.31. The highest BCUT2D eigenvalue weighted by molar-refractivity contribution is 5.72. The molecule has 2 atom stereocenters. The molecule has 6 nitrogen and oxygen atoms in total. The zero-order chi connectivity index (χ0) is 13.2. The van der Waals surface area contributed by atoms with Gasteiger partial charge in [0.1, 0.15) is 6.61 Å². The van der Waals surface area contributed by atoms with Crippen LogP contribution in [0.2, 0.25) is 0 Å². The van der Waals surface area contributed by atoms with Crippen LogP contribution in [0.15, 0.2) is 30.3 Å². The lowest BCUT2D eigenvalue weighted by molar-refractivity contribution is -1.08. The Morgan fingerprint density at radius 3 is 2.61 bits per heavy atom. The van der Waals surface area contributed by atoms with E-state index < -0.39 is 16.9 Å². The van der Waals surface area contributed by atoms with Gasteiger partial charge in [-0.1, -0.05) is 30.3 Å². The molecule has 18 heavy (non-hydrogen) atoms. The summed E-state index contributed by atoms with van der Waals surface area (Å²) in [6, 6.07) is 8.77. The van der Waals surface area contributed by atoms with Gasteiger partial charge in [0.25, 0.3) is 0 Å². The van der Waals surface area contributed by atoms with Crippen LogP contribution in [0.1, 0.15) is 24.9 Å². The van der Waals surface area contributed by atoms with Crippen LogP contribution in [0.4, 0.5) is 4.79 Å². The molecule has 1 fully saturated rings. The molecule has 0 spiro atoms. The fourth-order valence-corrected chi connectivity index (χ4v) is 2.12. The smallest absolute Gasteiger partial charge is 0.452 e. The van der Waals surface area contributed by atoms with Gasteiger partial charge in [0.2, 0.25) is 0 Å². The highest BCUT2D eigenvalue weighted by Crippen LogP contribution is 2.31. The number of hydrogen-bond donors (Lipinski definition) is 2. The predicted molar refractivity (Wildman–Crippen MR) is 61.9 cm³/mol. The highest BCUT2D eigenvalue weighted by Gasteiger charge is 2.52. The number of carbonyl (C=O) groups is 2. The molecule has 1 aromatic carbocycles. The van der Waals surface area contributed by atoms with Gasteiger partial charge < -0.3 is 5.11 Å². The number of hydroxylamine groups is 2. The van der Waals surface area contributed by atoms with Gasteiger partial charge in [-0.15, -0.1) is 5.43 Å². The fourth-order valence-electron chi connectivity index (χ4n) is 2.12. The topological polar surface area (TPSA) is 75.6 Å². The van der Waals surface area contributed by atoms with Crippen molar-refractivity contribution < 1.29 is 24.3 Å². The molecule has 1 saturated heterocycles. The maximum Gasteiger partial charge on any atom is 0.452 e. The van der Waals surface area contributed by atoms with E-state index in [1.54, 1.807) is 6.92 Å². The van der Waals surface area contributed by atoms with Crippen molar-refractivity contribution in [3.8, 4) is 0 Å². The average molecular weight is 251 g/mol. The first-order valence-electron chi connectivity index (χ1n) is 5.69. The summed E-state index contributed by atoms with van der Waals surface area (Å²) in [5.74, 6) is -0.284. The highest BCUT2D eigenvalue weighted by atomic mass is 16.8. The molecule has 1 heterocycles. The zero-order valence-electron chi connectivity index (χ0n) is 10.00. The molecule has 0 aromatic heterocycles. The molecule has 2 unspecified atom stereocenters. The Morgan fingerprint density at radius 2 is 2.11 bits per heavy atom.